The molecule has 1 aromatic heterocycles. The molecular formula is C8H12N4O3. The maximum absolute atomic E-state index is 10.6. The highest BCUT2D eigenvalue weighted by molar-refractivity contribution is 5.51. The molecular weight excluding hydrogens is 200 g/mol. The molecule has 0 spiro atoms. The van der Waals surface area contributed by atoms with Gasteiger partial charge in [0.1, 0.15) is 6.20 Å². The van der Waals surface area contributed by atoms with E-state index in [4.69, 9.17) is 10.5 Å². The van der Waals surface area contributed by atoms with Gasteiger partial charge in [-0.25, -0.2) is 4.68 Å². The summed E-state index contributed by atoms with van der Waals surface area (Å²) in [6, 6.07) is 0.118. The van der Waals surface area contributed by atoms with Crippen LogP contribution in [0.4, 0.5) is 11.5 Å². The van der Waals surface area contributed by atoms with Crippen molar-refractivity contribution in [2.24, 2.45) is 0 Å². The zero-order chi connectivity index (χ0) is 10.8. The summed E-state index contributed by atoms with van der Waals surface area (Å²) in [5, 5.41) is 14.5. The van der Waals surface area contributed by atoms with Crippen LogP contribution >= 0.6 is 0 Å². The molecule has 0 radical (unpaired) electrons. The lowest BCUT2D eigenvalue weighted by Crippen LogP contribution is -2.21. The van der Waals surface area contributed by atoms with Crippen molar-refractivity contribution in [3.05, 3.63) is 16.3 Å². The van der Waals surface area contributed by atoms with E-state index in [1.54, 1.807) is 0 Å². The Morgan fingerprint density at radius 3 is 2.80 bits per heavy atom. The van der Waals surface area contributed by atoms with Gasteiger partial charge in [-0.15, -0.1) is 0 Å². The molecule has 0 unspecified atom stereocenters. The second-order valence-corrected chi connectivity index (χ2v) is 3.46. The molecule has 82 valence electrons. The fourth-order valence-corrected chi connectivity index (χ4v) is 1.72. The molecule has 2 N–H and O–H groups in total. The fraction of sp³-hybridized carbons (Fsp3) is 0.625. The molecule has 0 aliphatic carbocycles. The Hall–Kier alpha value is -1.63. The van der Waals surface area contributed by atoms with Crippen molar-refractivity contribution in [2.45, 2.75) is 18.9 Å². The Kier molecular flexibility index (Phi) is 2.55. The highest BCUT2D eigenvalue weighted by atomic mass is 16.6. The van der Waals surface area contributed by atoms with Crippen molar-refractivity contribution >= 4 is 11.5 Å². The minimum absolute atomic E-state index is 0.118. The molecule has 0 atom stereocenters. The van der Waals surface area contributed by atoms with Crippen molar-refractivity contribution < 1.29 is 9.66 Å². The van der Waals surface area contributed by atoms with Crippen molar-refractivity contribution in [2.75, 3.05) is 18.9 Å². The van der Waals surface area contributed by atoms with Crippen molar-refractivity contribution in [1.29, 1.82) is 0 Å². The number of ether oxygens (including phenoxy) is 1. The molecule has 15 heavy (non-hydrogen) atoms. The summed E-state index contributed by atoms with van der Waals surface area (Å²) in [7, 11) is 0. The summed E-state index contributed by atoms with van der Waals surface area (Å²) < 4.78 is 6.73. The van der Waals surface area contributed by atoms with Gasteiger partial charge in [-0.1, -0.05) is 0 Å². The lowest BCUT2D eigenvalue weighted by molar-refractivity contribution is -0.384. The molecule has 2 heterocycles. The maximum atomic E-state index is 10.6. The Morgan fingerprint density at radius 2 is 2.27 bits per heavy atom. The van der Waals surface area contributed by atoms with Gasteiger partial charge in [0, 0.05) is 13.2 Å². The van der Waals surface area contributed by atoms with Crippen molar-refractivity contribution in [1.82, 2.24) is 9.78 Å². The van der Waals surface area contributed by atoms with E-state index in [1.807, 2.05) is 0 Å². The largest absolute Gasteiger partial charge is 0.381 e. The third kappa shape index (κ3) is 1.78. The molecule has 1 fully saturated rings. The van der Waals surface area contributed by atoms with Crippen molar-refractivity contribution in [3.8, 4) is 0 Å². The van der Waals surface area contributed by atoms with Gasteiger partial charge in [0.05, 0.1) is 11.0 Å². The van der Waals surface area contributed by atoms with Crippen LogP contribution in [-0.2, 0) is 4.74 Å². The molecule has 7 nitrogen and oxygen atoms in total. The second-order valence-electron chi connectivity index (χ2n) is 3.46. The van der Waals surface area contributed by atoms with E-state index in [-0.39, 0.29) is 17.5 Å². The van der Waals surface area contributed by atoms with Gasteiger partial charge in [0.2, 0.25) is 5.82 Å². The molecule has 0 bridgehead atoms. The summed E-state index contributed by atoms with van der Waals surface area (Å²) in [5.41, 5.74) is 5.53. The maximum Gasteiger partial charge on any atom is 0.330 e. The zero-order valence-electron chi connectivity index (χ0n) is 8.13. The topological polar surface area (TPSA) is 96.2 Å². The highest BCUT2D eigenvalue weighted by Crippen LogP contribution is 2.28. The quantitative estimate of drug-likeness (QED) is 0.575. The summed E-state index contributed by atoms with van der Waals surface area (Å²) in [5.74, 6) is 0.131. The number of nitrogens with two attached hydrogens (primary N) is 1. The van der Waals surface area contributed by atoms with Gasteiger partial charge in [0.25, 0.3) is 0 Å². The van der Waals surface area contributed by atoms with Crippen LogP contribution in [0.15, 0.2) is 6.20 Å². The first-order valence-corrected chi connectivity index (χ1v) is 4.75. The van der Waals surface area contributed by atoms with E-state index in [9.17, 15) is 10.1 Å². The smallest absolute Gasteiger partial charge is 0.330 e. The van der Waals surface area contributed by atoms with Crippen LogP contribution in [0.5, 0.6) is 0 Å². The van der Waals surface area contributed by atoms with Gasteiger partial charge >= 0.3 is 5.69 Å². The average molecular weight is 212 g/mol. The summed E-state index contributed by atoms with van der Waals surface area (Å²) >= 11 is 0. The van der Waals surface area contributed by atoms with Gasteiger partial charge in [-0.3, -0.25) is 10.1 Å². The van der Waals surface area contributed by atoms with E-state index in [0.717, 1.165) is 12.8 Å². The molecule has 0 amide bonds. The van der Waals surface area contributed by atoms with E-state index in [0.29, 0.717) is 13.2 Å². The summed E-state index contributed by atoms with van der Waals surface area (Å²) in [4.78, 5) is 10.0. The van der Waals surface area contributed by atoms with Gasteiger partial charge in [-0.05, 0) is 12.8 Å². The third-order valence-electron chi connectivity index (χ3n) is 2.55. The summed E-state index contributed by atoms with van der Waals surface area (Å²) in [6.07, 6.45) is 2.79. The average Bonchev–Trinajstić information content (AvgIpc) is 2.61. The van der Waals surface area contributed by atoms with Gasteiger partial charge < -0.3 is 10.5 Å². The summed E-state index contributed by atoms with van der Waals surface area (Å²) in [6.45, 7) is 1.30. The third-order valence-corrected chi connectivity index (χ3v) is 2.55. The monoisotopic (exact) mass is 212 g/mol. The number of nitro groups is 1. The number of aromatic nitrogens is 2. The molecule has 0 saturated carbocycles. The SMILES string of the molecule is Nc1c([N+](=O)[O-])cnn1C1CCOCC1. The van der Waals surface area contributed by atoms with Crippen LogP contribution in [0.1, 0.15) is 18.9 Å². The minimum Gasteiger partial charge on any atom is -0.381 e. The molecule has 1 aromatic rings. The molecule has 1 aliphatic rings. The minimum atomic E-state index is -0.516. The van der Waals surface area contributed by atoms with E-state index in [2.05, 4.69) is 5.10 Å². The first-order valence-electron chi connectivity index (χ1n) is 4.75. The van der Waals surface area contributed by atoms with Crippen LogP contribution in [0.3, 0.4) is 0 Å². The Bertz CT molecular complexity index is 370. The fourth-order valence-electron chi connectivity index (χ4n) is 1.72. The van der Waals surface area contributed by atoms with Gasteiger partial charge in [0.15, 0.2) is 0 Å². The Balaban J connectivity index is 2.24. The predicted octanol–water partition coefficient (Wildman–Crippen LogP) is 0.725. The number of rotatable bonds is 2. The van der Waals surface area contributed by atoms with Crippen LogP contribution in [-0.4, -0.2) is 27.9 Å². The zero-order valence-corrected chi connectivity index (χ0v) is 8.13. The van der Waals surface area contributed by atoms with Gasteiger partial charge in [-0.2, -0.15) is 5.10 Å². The van der Waals surface area contributed by atoms with Crippen molar-refractivity contribution in [3.63, 3.8) is 0 Å². The number of nitrogens with zero attached hydrogens (tertiary/aromatic N) is 3. The Labute approximate surface area is 86.0 Å². The number of hydrogen-bond acceptors (Lipinski definition) is 5. The molecule has 2 rings (SSSR count). The van der Waals surface area contributed by atoms with Crippen LogP contribution in [0.2, 0.25) is 0 Å². The standard InChI is InChI=1S/C8H12N4O3/c9-8-7(12(13)14)5-10-11(8)6-1-3-15-4-2-6/h5-6H,1-4,9H2. The van der Waals surface area contributed by atoms with E-state index >= 15 is 0 Å². The predicted molar refractivity (Wildman–Crippen MR) is 52.4 cm³/mol. The van der Waals surface area contributed by atoms with E-state index in [1.165, 1.54) is 10.9 Å². The second kappa shape index (κ2) is 3.85. The first kappa shape index (κ1) is 9.91. The lowest BCUT2D eigenvalue weighted by Gasteiger charge is -2.22. The first-order chi connectivity index (χ1) is 7.20. The number of nitrogen functional groups attached to an aromatic ring is 1. The van der Waals surface area contributed by atoms with Crippen LogP contribution in [0, 0.1) is 10.1 Å². The molecule has 1 saturated heterocycles. The Morgan fingerprint density at radius 1 is 1.60 bits per heavy atom. The number of hydrogen-bond donors (Lipinski definition) is 1. The normalized spacial score (nSPS) is 17.9. The van der Waals surface area contributed by atoms with Crippen LogP contribution in [0.25, 0.3) is 0 Å². The molecule has 7 heteroatoms. The molecule has 0 aromatic carbocycles. The molecule has 1 aliphatic heterocycles. The number of anilines is 1. The lowest BCUT2D eigenvalue weighted by atomic mass is 10.1. The highest BCUT2D eigenvalue weighted by Gasteiger charge is 2.24. The van der Waals surface area contributed by atoms with E-state index < -0.39 is 4.92 Å². The van der Waals surface area contributed by atoms with Crippen LogP contribution < -0.4 is 5.73 Å².